The van der Waals surface area contributed by atoms with Gasteiger partial charge in [0.15, 0.2) is 0 Å². The molecule has 0 aromatic heterocycles. The van der Waals surface area contributed by atoms with Crippen molar-refractivity contribution in [1.82, 2.24) is 5.32 Å². The molecule has 0 bridgehead atoms. The molecule has 0 aliphatic carbocycles. The fourth-order valence-electron chi connectivity index (χ4n) is 5.01. The van der Waals surface area contributed by atoms with Gasteiger partial charge in [0, 0.05) is 0 Å². The van der Waals surface area contributed by atoms with Crippen molar-refractivity contribution < 1.29 is 0 Å². The van der Waals surface area contributed by atoms with E-state index in [-0.39, 0.29) is 0 Å². The zero-order valence-corrected chi connectivity index (χ0v) is 25.1. The smallest absolute Gasteiger partial charge is 0.00489 e. The molecule has 0 aromatic carbocycles. The molecule has 0 saturated carbocycles. The molecule has 0 saturated heterocycles. The van der Waals surface area contributed by atoms with Crippen LogP contribution in [0.2, 0.25) is 0 Å². The van der Waals surface area contributed by atoms with Crippen molar-refractivity contribution in [2.75, 3.05) is 13.1 Å². The zero-order chi connectivity index (χ0) is 25.9. The minimum absolute atomic E-state index is 1.25. The van der Waals surface area contributed by atoms with Gasteiger partial charge in [-0.1, -0.05) is 181 Å². The summed E-state index contributed by atoms with van der Waals surface area (Å²) in [6.45, 7) is 13.1. The van der Waals surface area contributed by atoms with E-state index in [1.807, 2.05) is 0 Å². The molecule has 0 atom stereocenters. The summed E-state index contributed by atoms with van der Waals surface area (Å²) in [6, 6.07) is 0. The third-order valence-electron chi connectivity index (χ3n) is 7.41. The monoisotopic (exact) mass is 494 g/mol. The van der Waals surface area contributed by atoms with Gasteiger partial charge in [-0.25, -0.2) is 0 Å². The van der Waals surface area contributed by atoms with Crippen molar-refractivity contribution in [2.24, 2.45) is 0 Å². The zero-order valence-electron chi connectivity index (χ0n) is 25.1. The topological polar surface area (TPSA) is 12.0 Å². The molecule has 0 rings (SSSR count). The fourth-order valence-corrected chi connectivity index (χ4v) is 5.01. The minimum Gasteiger partial charge on any atom is -0.317 e. The van der Waals surface area contributed by atoms with Gasteiger partial charge in [0.1, 0.15) is 0 Å². The van der Waals surface area contributed by atoms with Crippen LogP contribution in [0.1, 0.15) is 194 Å². The fraction of sp³-hybridized carbons (Fsp3) is 0.941. The lowest BCUT2D eigenvalue weighted by Crippen LogP contribution is -2.16. The molecule has 1 heteroatoms. The van der Waals surface area contributed by atoms with Gasteiger partial charge in [0.05, 0.1) is 0 Å². The van der Waals surface area contributed by atoms with Gasteiger partial charge in [-0.2, -0.15) is 0 Å². The predicted molar refractivity (Wildman–Crippen MR) is 165 cm³/mol. The van der Waals surface area contributed by atoms with E-state index in [4.69, 9.17) is 0 Å². The van der Waals surface area contributed by atoms with Crippen LogP contribution < -0.4 is 5.32 Å². The molecule has 212 valence electrons. The van der Waals surface area contributed by atoms with E-state index in [0.29, 0.717) is 0 Å². The molecule has 0 unspecified atom stereocenters. The summed E-state index contributed by atoms with van der Waals surface area (Å²) in [4.78, 5) is 0. The maximum absolute atomic E-state index is 3.67. The Kier molecular flexibility index (Phi) is 40.3. The normalized spacial score (nSPS) is 10.9. The Morgan fingerprint density at radius 3 is 0.657 bits per heavy atom. The van der Waals surface area contributed by atoms with Crippen molar-refractivity contribution in [1.29, 1.82) is 0 Å². The van der Waals surface area contributed by atoms with Crippen molar-refractivity contribution in [2.45, 2.75) is 194 Å². The molecule has 0 aromatic rings. The highest BCUT2D eigenvalue weighted by Crippen LogP contribution is 2.14. The van der Waals surface area contributed by atoms with E-state index in [9.17, 15) is 0 Å². The van der Waals surface area contributed by atoms with Crippen molar-refractivity contribution in [3.05, 3.63) is 13.2 Å². The number of unbranched alkanes of at least 4 members (excludes halogenated alkanes) is 26. The van der Waals surface area contributed by atoms with Crippen LogP contribution in [-0.2, 0) is 0 Å². The number of nitrogens with one attached hydrogen (secondary N) is 1. The Bertz CT molecular complexity index is 297. The van der Waals surface area contributed by atoms with E-state index >= 15 is 0 Å². The Hall–Kier alpha value is -0.300. The highest BCUT2D eigenvalue weighted by Gasteiger charge is 1.96. The molecule has 0 fully saturated rings. The lowest BCUT2D eigenvalue weighted by molar-refractivity contribution is 0.518. The molecular formula is C34H71N. The maximum Gasteiger partial charge on any atom is -0.00489 e. The van der Waals surface area contributed by atoms with Crippen LogP contribution in [0.3, 0.4) is 0 Å². The second kappa shape index (κ2) is 38.2. The molecular weight excluding hydrogens is 422 g/mol. The van der Waals surface area contributed by atoms with Gasteiger partial charge < -0.3 is 5.32 Å². The molecule has 1 N–H and O–H groups in total. The van der Waals surface area contributed by atoms with Crippen molar-refractivity contribution >= 4 is 0 Å². The Balaban J connectivity index is 0. The average molecular weight is 494 g/mol. The quantitative estimate of drug-likeness (QED) is 0.0774. The van der Waals surface area contributed by atoms with E-state index in [1.165, 1.54) is 193 Å². The van der Waals surface area contributed by atoms with Gasteiger partial charge in [-0.15, -0.1) is 13.2 Å². The highest BCUT2D eigenvalue weighted by molar-refractivity contribution is 4.53. The third kappa shape index (κ3) is 38.4. The molecule has 0 heterocycles. The first-order valence-corrected chi connectivity index (χ1v) is 16.6. The maximum atomic E-state index is 3.67. The second-order valence-electron chi connectivity index (χ2n) is 10.9. The van der Waals surface area contributed by atoms with Gasteiger partial charge in [0.2, 0.25) is 0 Å². The van der Waals surface area contributed by atoms with Gasteiger partial charge in [0.25, 0.3) is 0 Å². The summed E-state index contributed by atoms with van der Waals surface area (Å²) in [5.41, 5.74) is 0. The van der Waals surface area contributed by atoms with Crippen molar-refractivity contribution in [3.8, 4) is 0 Å². The third-order valence-corrected chi connectivity index (χ3v) is 7.41. The first-order valence-electron chi connectivity index (χ1n) is 16.6. The van der Waals surface area contributed by atoms with E-state index in [2.05, 4.69) is 32.3 Å². The summed E-state index contributed by atoms with van der Waals surface area (Å²) < 4.78 is 0. The van der Waals surface area contributed by atoms with Crippen LogP contribution in [-0.4, -0.2) is 13.1 Å². The second-order valence-corrected chi connectivity index (χ2v) is 10.9. The summed E-state index contributed by atoms with van der Waals surface area (Å²) in [7, 11) is 0. The Labute approximate surface area is 225 Å². The van der Waals surface area contributed by atoms with E-state index in [1.54, 1.807) is 0 Å². The standard InChI is InChI=1S/C32H67N.C2H4/c1-3-5-7-9-11-13-15-17-19-21-23-25-27-29-31-33-32-30-28-26-24-22-20-18-16-14-12-10-8-6-4-2;1-2/h33H,3-32H2,1-2H3;1-2H2. The number of rotatable bonds is 30. The van der Waals surface area contributed by atoms with Crippen molar-refractivity contribution in [3.63, 3.8) is 0 Å². The van der Waals surface area contributed by atoms with Gasteiger partial charge in [-0.05, 0) is 25.9 Å². The molecule has 0 amide bonds. The molecule has 0 aliphatic rings. The summed E-state index contributed by atoms with van der Waals surface area (Å²) in [5.74, 6) is 0. The lowest BCUT2D eigenvalue weighted by atomic mass is 10.0. The molecule has 0 aliphatic heterocycles. The van der Waals surface area contributed by atoms with Crippen LogP contribution in [0.4, 0.5) is 0 Å². The minimum atomic E-state index is 1.25. The van der Waals surface area contributed by atoms with Crippen LogP contribution in [0.15, 0.2) is 13.2 Å². The lowest BCUT2D eigenvalue weighted by Gasteiger charge is -2.06. The first kappa shape index (κ1) is 36.9. The highest BCUT2D eigenvalue weighted by atomic mass is 14.8. The molecule has 35 heavy (non-hydrogen) atoms. The van der Waals surface area contributed by atoms with Gasteiger partial charge in [-0.3, -0.25) is 0 Å². The van der Waals surface area contributed by atoms with E-state index in [0.717, 1.165) is 0 Å². The Morgan fingerprint density at radius 2 is 0.457 bits per heavy atom. The van der Waals surface area contributed by atoms with Crippen LogP contribution in [0.25, 0.3) is 0 Å². The molecule has 1 nitrogen and oxygen atoms in total. The number of hydrogen-bond acceptors (Lipinski definition) is 1. The average Bonchev–Trinajstić information content (AvgIpc) is 2.89. The number of hydrogen-bond donors (Lipinski definition) is 1. The summed E-state index contributed by atoms with van der Waals surface area (Å²) in [6.07, 6.45) is 40.7. The molecule has 0 radical (unpaired) electrons. The summed E-state index contributed by atoms with van der Waals surface area (Å²) in [5, 5.41) is 3.67. The van der Waals surface area contributed by atoms with Crippen LogP contribution in [0.5, 0.6) is 0 Å². The first-order chi connectivity index (χ1) is 17.4. The SMILES string of the molecule is C=C.CCCCCCCCCCCCCCCCNCCCCCCCCCCCCCCCC. The Morgan fingerprint density at radius 1 is 0.286 bits per heavy atom. The molecule has 0 spiro atoms. The van der Waals surface area contributed by atoms with Gasteiger partial charge >= 0.3 is 0 Å². The van der Waals surface area contributed by atoms with E-state index < -0.39 is 0 Å². The largest absolute Gasteiger partial charge is 0.317 e. The predicted octanol–water partition coefficient (Wildman–Crippen LogP) is 12.3. The van der Waals surface area contributed by atoms with Crippen LogP contribution in [0, 0.1) is 0 Å². The summed E-state index contributed by atoms with van der Waals surface area (Å²) >= 11 is 0. The van der Waals surface area contributed by atoms with Crippen LogP contribution >= 0.6 is 0 Å².